The minimum atomic E-state index is -0.322. The van der Waals surface area contributed by atoms with Crippen LogP contribution in [0.2, 0.25) is 0 Å². The fourth-order valence-electron chi connectivity index (χ4n) is 1.44. The lowest BCUT2D eigenvalue weighted by Gasteiger charge is -2.04. The minimum Gasteiger partial charge on any atom is -0.484 e. The Labute approximate surface area is 117 Å². The van der Waals surface area contributed by atoms with Gasteiger partial charge in [0.2, 0.25) is 0 Å². The van der Waals surface area contributed by atoms with Gasteiger partial charge < -0.3 is 4.74 Å². The molecule has 0 atom stereocenters. The molecule has 0 aliphatic carbocycles. The predicted molar refractivity (Wildman–Crippen MR) is 76.6 cm³/mol. The second-order valence-electron chi connectivity index (χ2n) is 4.15. The Bertz CT molecular complexity index is 580. The first kappa shape index (κ1) is 13.7. The van der Waals surface area contributed by atoms with Crippen LogP contribution in [0.1, 0.15) is 11.3 Å². The molecule has 5 heteroatoms. The number of aryl methyl sites for hydroxylation is 1. The highest BCUT2D eigenvalue weighted by Crippen LogP contribution is 2.10. The molecule has 1 aromatic heterocycles. The van der Waals surface area contributed by atoms with Crippen molar-refractivity contribution in [3.63, 3.8) is 0 Å². The smallest absolute Gasteiger partial charge is 0.277 e. The van der Waals surface area contributed by atoms with Crippen LogP contribution >= 0.6 is 0 Å². The number of benzene rings is 1. The van der Waals surface area contributed by atoms with E-state index in [1.165, 1.54) is 6.21 Å². The lowest BCUT2D eigenvalue weighted by atomic mass is 10.2. The fourth-order valence-corrected chi connectivity index (χ4v) is 1.44. The fraction of sp³-hybridized carbons (Fsp3) is 0.133. The van der Waals surface area contributed by atoms with Crippen LogP contribution in [0.25, 0.3) is 0 Å². The molecular formula is C15H15N3O2. The normalized spacial score (nSPS) is 10.4. The van der Waals surface area contributed by atoms with Gasteiger partial charge in [-0.05, 0) is 31.2 Å². The van der Waals surface area contributed by atoms with Crippen LogP contribution in [-0.2, 0) is 4.79 Å². The Balaban J connectivity index is 1.76. The number of hydrogen-bond donors (Lipinski definition) is 1. The average molecular weight is 269 g/mol. The lowest BCUT2D eigenvalue weighted by molar-refractivity contribution is -0.123. The first-order chi connectivity index (χ1) is 9.74. The van der Waals surface area contributed by atoms with E-state index in [1.807, 2.05) is 43.3 Å². The number of nitrogens with zero attached hydrogens (tertiary/aromatic N) is 2. The number of aromatic nitrogens is 1. The van der Waals surface area contributed by atoms with Crippen molar-refractivity contribution in [3.8, 4) is 5.75 Å². The Hall–Kier alpha value is -2.69. The molecule has 1 N–H and O–H groups in total. The topological polar surface area (TPSA) is 63.6 Å². The summed E-state index contributed by atoms with van der Waals surface area (Å²) in [4.78, 5) is 15.5. The molecule has 0 saturated carbocycles. The standard InChI is InChI=1S/C15H15N3O2/c1-12-5-7-14(8-6-12)20-11-15(19)18-17-10-13-4-2-3-9-16-13/h2-10H,11H2,1H3,(H,18,19). The predicted octanol–water partition coefficient (Wildman–Crippen LogP) is 1.92. The maximum atomic E-state index is 11.5. The van der Waals surface area contributed by atoms with Crippen molar-refractivity contribution in [1.29, 1.82) is 0 Å². The molecule has 0 bridgehead atoms. The van der Waals surface area contributed by atoms with E-state index in [0.29, 0.717) is 11.4 Å². The Kier molecular flexibility index (Phi) is 4.83. The van der Waals surface area contributed by atoms with Crippen LogP contribution in [0.5, 0.6) is 5.75 Å². The first-order valence-corrected chi connectivity index (χ1v) is 6.16. The van der Waals surface area contributed by atoms with Crippen LogP contribution in [0, 0.1) is 6.92 Å². The largest absolute Gasteiger partial charge is 0.484 e. The highest BCUT2D eigenvalue weighted by Gasteiger charge is 2.00. The van der Waals surface area contributed by atoms with E-state index < -0.39 is 0 Å². The monoisotopic (exact) mass is 269 g/mol. The summed E-state index contributed by atoms with van der Waals surface area (Å²) in [5.41, 5.74) is 4.19. The highest BCUT2D eigenvalue weighted by molar-refractivity contribution is 5.81. The van der Waals surface area contributed by atoms with Gasteiger partial charge in [0.05, 0.1) is 11.9 Å². The van der Waals surface area contributed by atoms with Gasteiger partial charge in [-0.25, -0.2) is 5.43 Å². The van der Waals surface area contributed by atoms with Crippen LogP contribution in [0.15, 0.2) is 53.8 Å². The van der Waals surface area contributed by atoms with Crippen molar-refractivity contribution in [2.45, 2.75) is 6.92 Å². The van der Waals surface area contributed by atoms with Crippen LogP contribution < -0.4 is 10.2 Å². The zero-order valence-electron chi connectivity index (χ0n) is 11.1. The number of ether oxygens (including phenoxy) is 1. The van der Waals surface area contributed by atoms with Crippen LogP contribution in [0.4, 0.5) is 0 Å². The van der Waals surface area contributed by atoms with Crippen molar-refractivity contribution in [3.05, 3.63) is 59.9 Å². The van der Waals surface area contributed by atoms with Gasteiger partial charge in [-0.2, -0.15) is 5.10 Å². The van der Waals surface area contributed by atoms with Crippen molar-refractivity contribution in [2.75, 3.05) is 6.61 Å². The number of carbonyl (C=O) groups excluding carboxylic acids is 1. The van der Waals surface area contributed by atoms with Gasteiger partial charge in [-0.15, -0.1) is 0 Å². The number of rotatable bonds is 5. The summed E-state index contributed by atoms with van der Waals surface area (Å²) in [5.74, 6) is 0.331. The van der Waals surface area contributed by atoms with Crippen molar-refractivity contribution in [1.82, 2.24) is 10.4 Å². The van der Waals surface area contributed by atoms with Crippen molar-refractivity contribution < 1.29 is 9.53 Å². The van der Waals surface area contributed by atoms with E-state index in [2.05, 4.69) is 15.5 Å². The molecule has 0 radical (unpaired) electrons. The molecule has 0 fully saturated rings. The number of carbonyl (C=O) groups is 1. The van der Waals surface area contributed by atoms with Gasteiger partial charge in [-0.1, -0.05) is 23.8 Å². The van der Waals surface area contributed by atoms with E-state index in [1.54, 1.807) is 12.3 Å². The summed E-state index contributed by atoms with van der Waals surface area (Å²) in [6.45, 7) is 1.91. The Morgan fingerprint density at radius 3 is 2.80 bits per heavy atom. The Morgan fingerprint density at radius 1 is 1.30 bits per heavy atom. The molecule has 0 unspecified atom stereocenters. The maximum absolute atomic E-state index is 11.5. The molecule has 0 spiro atoms. The third kappa shape index (κ3) is 4.53. The molecule has 0 aliphatic rings. The zero-order valence-corrected chi connectivity index (χ0v) is 11.1. The number of hydrogen-bond acceptors (Lipinski definition) is 4. The molecule has 5 nitrogen and oxygen atoms in total. The van der Waals surface area contributed by atoms with Crippen LogP contribution in [-0.4, -0.2) is 23.7 Å². The third-order valence-electron chi connectivity index (χ3n) is 2.46. The molecule has 1 amide bonds. The van der Waals surface area contributed by atoms with E-state index in [4.69, 9.17) is 4.74 Å². The van der Waals surface area contributed by atoms with Crippen molar-refractivity contribution >= 4 is 12.1 Å². The van der Waals surface area contributed by atoms with E-state index in [9.17, 15) is 4.79 Å². The number of hydrazone groups is 1. The number of nitrogens with one attached hydrogen (secondary N) is 1. The molecule has 2 aromatic rings. The minimum absolute atomic E-state index is 0.0807. The SMILES string of the molecule is Cc1ccc(OCC(=O)NN=Cc2ccccn2)cc1. The van der Waals surface area contributed by atoms with Gasteiger partial charge in [0, 0.05) is 6.20 Å². The van der Waals surface area contributed by atoms with Gasteiger partial charge in [-0.3, -0.25) is 9.78 Å². The first-order valence-electron chi connectivity index (χ1n) is 6.16. The summed E-state index contributed by atoms with van der Waals surface area (Å²) < 4.78 is 5.32. The molecule has 0 saturated heterocycles. The third-order valence-corrected chi connectivity index (χ3v) is 2.46. The summed E-state index contributed by atoms with van der Waals surface area (Å²) in [6, 6.07) is 12.9. The van der Waals surface area contributed by atoms with Crippen LogP contribution in [0.3, 0.4) is 0 Å². The second kappa shape index (κ2) is 7.04. The zero-order chi connectivity index (χ0) is 14.2. The maximum Gasteiger partial charge on any atom is 0.277 e. The van der Waals surface area contributed by atoms with Gasteiger partial charge >= 0.3 is 0 Å². The highest BCUT2D eigenvalue weighted by atomic mass is 16.5. The summed E-state index contributed by atoms with van der Waals surface area (Å²) in [5, 5.41) is 3.80. The van der Waals surface area contributed by atoms with Gasteiger partial charge in [0.15, 0.2) is 6.61 Å². The quantitative estimate of drug-likeness (QED) is 0.666. The van der Waals surface area contributed by atoms with E-state index >= 15 is 0 Å². The number of amides is 1. The summed E-state index contributed by atoms with van der Waals surface area (Å²) in [7, 11) is 0. The number of pyridine rings is 1. The molecule has 102 valence electrons. The van der Waals surface area contributed by atoms with Crippen molar-refractivity contribution in [2.24, 2.45) is 5.10 Å². The average Bonchev–Trinajstić information content (AvgIpc) is 2.48. The summed E-state index contributed by atoms with van der Waals surface area (Å²) in [6.07, 6.45) is 3.13. The molecule has 1 heterocycles. The van der Waals surface area contributed by atoms with E-state index in [-0.39, 0.29) is 12.5 Å². The molecule has 2 rings (SSSR count). The van der Waals surface area contributed by atoms with Gasteiger partial charge in [0.1, 0.15) is 5.75 Å². The molecule has 20 heavy (non-hydrogen) atoms. The van der Waals surface area contributed by atoms with E-state index in [0.717, 1.165) is 5.56 Å². The summed E-state index contributed by atoms with van der Waals surface area (Å²) >= 11 is 0. The molecule has 0 aliphatic heterocycles. The Morgan fingerprint density at radius 2 is 2.10 bits per heavy atom. The molecular weight excluding hydrogens is 254 g/mol. The second-order valence-corrected chi connectivity index (χ2v) is 4.15. The van der Waals surface area contributed by atoms with Gasteiger partial charge in [0.25, 0.3) is 5.91 Å². The lowest BCUT2D eigenvalue weighted by Crippen LogP contribution is -2.24. The molecule has 1 aromatic carbocycles.